The third kappa shape index (κ3) is 5.09. The summed E-state index contributed by atoms with van der Waals surface area (Å²) in [5.74, 6) is -0.247. The van der Waals surface area contributed by atoms with E-state index in [9.17, 15) is 14.4 Å². The summed E-state index contributed by atoms with van der Waals surface area (Å²) in [5, 5.41) is 2.99. The van der Waals surface area contributed by atoms with Crippen molar-refractivity contribution in [2.24, 2.45) is 0 Å². The molecule has 1 saturated heterocycles. The summed E-state index contributed by atoms with van der Waals surface area (Å²) in [6, 6.07) is 8.49. The summed E-state index contributed by atoms with van der Waals surface area (Å²) in [4.78, 5) is 44.2. The molecule has 0 unspecified atom stereocenters. The van der Waals surface area contributed by atoms with Gasteiger partial charge in [-0.15, -0.1) is 0 Å². The molecule has 1 N–H and O–H groups in total. The number of nitrogens with one attached hydrogen (secondary N) is 1. The van der Waals surface area contributed by atoms with Gasteiger partial charge in [-0.2, -0.15) is 0 Å². The van der Waals surface area contributed by atoms with Gasteiger partial charge < -0.3 is 19.4 Å². The number of urea groups is 1. The highest BCUT2D eigenvalue weighted by Gasteiger charge is 2.38. The van der Waals surface area contributed by atoms with Gasteiger partial charge in [0.15, 0.2) is 5.76 Å². The monoisotopic (exact) mass is 480 g/mol. The molecule has 2 aliphatic heterocycles. The van der Waals surface area contributed by atoms with Gasteiger partial charge in [0.25, 0.3) is 5.91 Å². The summed E-state index contributed by atoms with van der Waals surface area (Å²) < 4.78 is 10.7. The molecule has 186 valence electrons. The maximum atomic E-state index is 13.2. The Balaban J connectivity index is 1.61. The molecule has 1 atom stereocenters. The van der Waals surface area contributed by atoms with Gasteiger partial charge in [-0.1, -0.05) is 23.8 Å². The quantitative estimate of drug-likeness (QED) is 0.639. The van der Waals surface area contributed by atoms with E-state index in [1.165, 1.54) is 11.2 Å². The second-order valence-corrected chi connectivity index (χ2v) is 8.93. The molecule has 0 bridgehead atoms. The Kier molecular flexibility index (Phi) is 7.25. The fourth-order valence-corrected chi connectivity index (χ4v) is 4.58. The minimum atomic E-state index is -0.602. The Morgan fingerprint density at radius 2 is 1.89 bits per heavy atom. The number of amides is 3. The van der Waals surface area contributed by atoms with Gasteiger partial charge in [0.05, 0.1) is 24.5 Å². The summed E-state index contributed by atoms with van der Waals surface area (Å²) >= 11 is 0. The van der Waals surface area contributed by atoms with Crippen LogP contribution in [0.2, 0.25) is 0 Å². The molecule has 35 heavy (non-hydrogen) atoms. The zero-order chi connectivity index (χ0) is 25.1. The van der Waals surface area contributed by atoms with Crippen LogP contribution in [0.25, 0.3) is 0 Å². The number of furan rings is 1. The van der Waals surface area contributed by atoms with Crippen molar-refractivity contribution in [1.82, 2.24) is 20.0 Å². The lowest BCUT2D eigenvalue weighted by atomic mass is 9.90. The van der Waals surface area contributed by atoms with Crippen molar-refractivity contribution < 1.29 is 23.5 Å². The SMILES string of the molecule is CCOC(=O)C1=C(CN2CCN(C(=O)c3ccco3)CC2)N(C)C(=O)N[C@@H]1c1cc(C)ccc1C. The number of ether oxygens (including phenoxy) is 1. The number of aryl methyl sites for hydroxylation is 2. The first-order valence-corrected chi connectivity index (χ1v) is 11.9. The Labute approximate surface area is 205 Å². The van der Waals surface area contributed by atoms with Crippen molar-refractivity contribution in [3.05, 3.63) is 70.3 Å². The van der Waals surface area contributed by atoms with Crippen LogP contribution in [0, 0.1) is 13.8 Å². The Bertz CT molecular complexity index is 1130. The van der Waals surface area contributed by atoms with Crippen molar-refractivity contribution in [1.29, 1.82) is 0 Å². The van der Waals surface area contributed by atoms with Crippen LogP contribution in [0.4, 0.5) is 4.79 Å². The molecule has 0 spiro atoms. The summed E-state index contributed by atoms with van der Waals surface area (Å²) in [6.07, 6.45) is 1.49. The van der Waals surface area contributed by atoms with Crippen LogP contribution >= 0.6 is 0 Å². The van der Waals surface area contributed by atoms with Crippen molar-refractivity contribution in [2.75, 3.05) is 46.4 Å². The number of piperazine rings is 1. The first kappa shape index (κ1) is 24.5. The second-order valence-electron chi connectivity index (χ2n) is 8.93. The van der Waals surface area contributed by atoms with Crippen LogP contribution in [-0.2, 0) is 9.53 Å². The molecule has 3 heterocycles. The third-order valence-corrected chi connectivity index (χ3v) is 6.58. The number of nitrogens with zero attached hydrogens (tertiary/aromatic N) is 3. The minimum Gasteiger partial charge on any atom is -0.463 e. The number of benzene rings is 1. The predicted molar refractivity (Wildman–Crippen MR) is 130 cm³/mol. The molecule has 1 aromatic carbocycles. The van der Waals surface area contributed by atoms with E-state index in [-0.39, 0.29) is 18.5 Å². The number of rotatable bonds is 6. The van der Waals surface area contributed by atoms with E-state index in [2.05, 4.69) is 10.2 Å². The highest BCUT2D eigenvalue weighted by Crippen LogP contribution is 2.33. The number of carbonyl (C=O) groups excluding carboxylic acids is 3. The Hall–Kier alpha value is -3.59. The summed E-state index contributed by atoms with van der Waals surface area (Å²) in [5.41, 5.74) is 3.96. The van der Waals surface area contributed by atoms with E-state index in [4.69, 9.17) is 9.15 Å². The van der Waals surface area contributed by atoms with E-state index < -0.39 is 12.0 Å². The maximum Gasteiger partial charge on any atom is 0.338 e. The topological polar surface area (TPSA) is 95.3 Å². The van der Waals surface area contributed by atoms with Crippen molar-refractivity contribution in [3.63, 3.8) is 0 Å². The first-order valence-electron chi connectivity index (χ1n) is 11.9. The van der Waals surface area contributed by atoms with Gasteiger partial charge in [0, 0.05) is 45.5 Å². The molecule has 3 amide bonds. The highest BCUT2D eigenvalue weighted by molar-refractivity contribution is 5.95. The number of likely N-dealkylation sites (N-methyl/N-ethyl adjacent to an activating group) is 1. The zero-order valence-electron chi connectivity index (χ0n) is 20.7. The Morgan fingerprint density at radius 1 is 1.14 bits per heavy atom. The molecule has 2 aromatic rings. The van der Waals surface area contributed by atoms with Crippen LogP contribution in [0.5, 0.6) is 0 Å². The van der Waals surface area contributed by atoms with Gasteiger partial charge in [0.2, 0.25) is 0 Å². The first-order chi connectivity index (χ1) is 16.8. The normalized spacial score (nSPS) is 19.1. The van der Waals surface area contributed by atoms with Crippen LogP contribution in [0.3, 0.4) is 0 Å². The van der Waals surface area contributed by atoms with Crippen molar-refractivity contribution >= 4 is 17.9 Å². The fourth-order valence-electron chi connectivity index (χ4n) is 4.58. The number of carbonyl (C=O) groups is 3. The number of esters is 1. The van der Waals surface area contributed by atoms with Gasteiger partial charge in [-0.3, -0.25) is 14.6 Å². The maximum absolute atomic E-state index is 13.2. The largest absolute Gasteiger partial charge is 0.463 e. The van der Waals surface area contributed by atoms with Gasteiger partial charge in [-0.25, -0.2) is 9.59 Å². The third-order valence-electron chi connectivity index (χ3n) is 6.58. The van der Waals surface area contributed by atoms with Crippen LogP contribution < -0.4 is 5.32 Å². The van der Waals surface area contributed by atoms with E-state index in [0.29, 0.717) is 49.8 Å². The van der Waals surface area contributed by atoms with E-state index in [1.54, 1.807) is 31.0 Å². The van der Waals surface area contributed by atoms with Crippen molar-refractivity contribution in [2.45, 2.75) is 26.8 Å². The molecule has 9 heteroatoms. The molecule has 0 saturated carbocycles. The predicted octanol–water partition coefficient (Wildman–Crippen LogP) is 2.87. The molecule has 4 rings (SSSR count). The van der Waals surface area contributed by atoms with Crippen LogP contribution in [0.15, 0.2) is 52.3 Å². The van der Waals surface area contributed by atoms with Gasteiger partial charge in [-0.05, 0) is 44.0 Å². The smallest absolute Gasteiger partial charge is 0.338 e. The fraction of sp³-hybridized carbons (Fsp3) is 0.423. The molecular weight excluding hydrogens is 448 g/mol. The van der Waals surface area contributed by atoms with E-state index >= 15 is 0 Å². The lowest BCUT2D eigenvalue weighted by molar-refractivity contribution is -0.139. The van der Waals surface area contributed by atoms with Crippen LogP contribution in [0.1, 0.15) is 40.2 Å². The molecular formula is C26H32N4O5. The second kappa shape index (κ2) is 10.4. The molecule has 1 fully saturated rings. The van der Waals surface area contributed by atoms with Gasteiger partial charge >= 0.3 is 12.0 Å². The molecule has 0 radical (unpaired) electrons. The molecule has 9 nitrogen and oxygen atoms in total. The molecule has 2 aliphatic rings. The zero-order valence-corrected chi connectivity index (χ0v) is 20.7. The number of hydrogen-bond acceptors (Lipinski definition) is 6. The molecule has 0 aliphatic carbocycles. The highest BCUT2D eigenvalue weighted by atomic mass is 16.5. The average molecular weight is 481 g/mol. The molecule has 1 aromatic heterocycles. The van der Waals surface area contributed by atoms with E-state index in [1.807, 2.05) is 32.0 Å². The van der Waals surface area contributed by atoms with Crippen LogP contribution in [-0.4, -0.2) is 79.0 Å². The van der Waals surface area contributed by atoms with E-state index in [0.717, 1.165) is 16.7 Å². The lowest BCUT2D eigenvalue weighted by Gasteiger charge is -2.39. The number of hydrogen-bond donors (Lipinski definition) is 1. The summed E-state index contributed by atoms with van der Waals surface area (Å²) in [6.45, 7) is 8.61. The standard InChI is InChI=1S/C26H32N4O5/c1-5-34-25(32)22-20(16-29-10-12-30(13-11-29)24(31)21-7-6-14-35-21)28(4)26(33)27-23(22)19-15-17(2)8-9-18(19)3/h6-9,14-15,23H,5,10-13,16H2,1-4H3,(H,27,33)/t23-/m1/s1. The Morgan fingerprint density at radius 3 is 2.54 bits per heavy atom. The summed E-state index contributed by atoms with van der Waals surface area (Å²) in [7, 11) is 1.67. The minimum absolute atomic E-state index is 0.134. The van der Waals surface area contributed by atoms with Gasteiger partial charge in [0.1, 0.15) is 0 Å². The average Bonchev–Trinajstić information content (AvgIpc) is 3.38. The van der Waals surface area contributed by atoms with Crippen molar-refractivity contribution in [3.8, 4) is 0 Å². The lowest BCUT2D eigenvalue weighted by Crippen LogP contribution is -2.53.